The highest BCUT2D eigenvalue weighted by Gasteiger charge is 2.11. The van der Waals surface area contributed by atoms with Crippen molar-refractivity contribution in [3.63, 3.8) is 0 Å². The largest absolute Gasteiger partial charge is 0.345 e. The summed E-state index contributed by atoms with van der Waals surface area (Å²) in [6.07, 6.45) is 12.0. The number of hydrogen-bond acceptors (Lipinski definition) is 3. The number of aryl methyl sites for hydroxylation is 1. The summed E-state index contributed by atoms with van der Waals surface area (Å²) in [5.74, 6) is 2.43. The van der Waals surface area contributed by atoms with Crippen LogP contribution in [-0.4, -0.2) is 22.4 Å². The molecule has 1 N–H and O–H groups in total. The molecule has 0 unspecified atom stereocenters. The van der Waals surface area contributed by atoms with Gasteiger partial charge in [0.2, 0.25) is 5.91 Å². The number of aromatic nitrogens is 2. The van der Waals surface area contributed by atoms with Crippen molar-refractivity contribution in [2.75, 3.05) is 6.54 Å². The lowest BCUT2D eigenvalue weighted by molar-refractivity contribution is -0.120. The van der Waals surface area contributed by atoms with Gasteiger partial charge < -0.3 is 5.32 Å². The Morgan fingerprint density at radius 2 is 1.63 bits per heavy atom. The molecule has 0 saturated carbocycles. The van der Waals surface area contributed by atoms with Gasteiger partial charge in [-0.3, -0.25) is 14.8 Å². The second kappa shape index (κ2) is 9.19. The minimum atomic E-state index is 0.0103. The van der Waals surface area contributed by atoms with Crippen LogP contribution in [0.3, 0.4) is 0 Å². The molecule has 0 bridgehead atoms. The Bertz CT molecular complexity index is 1230. The van der Waals surface area contributed by atoms with Crippen molar-refractivity contribution < 1.29 is 4.79 Å². The fourth-order valence-electron chi connectivity index (χ4n) is 3.81. The predicted molar refractivity (Wildman–Crippen MR) is 122 cm³/mol. The van der Waals surface area contributed by atoms with Crippen LogP contribution in [0.2, 0.25) is 0 Å². The van der Waals surface area contributed by atoms with E-state index in [1.54, 1.807) is 0 Å². The number of carbonyl (C=O) groups excluding carboxylic acids is 1. The Morgan fingerprint density at radius 3 is 2.43 bits per heavy atom. The van der Waals surface area contributed by atoms with Gasteiger partial charge in [0.1, 0.15) is 0 Å². The lowest BCUT2D eigenvalue weighted by Gasteiger charge is -2.11. The molecule has 4 aromatic rings. The molecule has 4 heteroatoms. The van der Waals surface area contributed by atoms with Crippen molar-refractivity contribution in [3.8, 4) is 23.5 Å². The van der Waals surface area contributed by atoms with E-state index in [4.69, 9.17) is 6.42 Å². The lowest BCUT2D eigenvalue weighted by atomic mass is 9.97. The molecule has 2 heterocycles. The van der Waals surface area contributed by atoms with Crippen LogP contribution in [0.4, 0.5) is 0 Å². The fraction of sp³-hybridized carbons (Fsp3) is 0.192. The molecule has 2 aromatic carbocycles. The van der Waals surface area contributed by atoms with Gasteiger partial charge in [-0.2, -0.15) is 0 Å². The predicted octanol–water partition coefficient (Wildman–Crippen LogP) is 4.91. The molecule has 148 valence electrons. The van der Waals surface area contributed by atoms with E-state index < -0.39 is 0 Å². The van der Waals surface area contributed by atoms with Gasteiger partial charge >= 0.3 is 0 Å². The molecule has 0 fully saturated rings. The summed E-state index contributed by atoms with van der Waals surface area (Å²) in [4.78, 5) is 21.0. The van der Waals surface area contributed by atoms with E-state index in [1.807, 2.05) is 30.6 Å². The number of hydrogen-bond donors (Lipinski definition) is 1. The first-order valence-corrected chi connectivity index (χ1v) is 10.2. The van der Waals surface area contributed by atoms with Gasteiger partial charge in [-0.15, -0.1) is 6.42 Å². The van der Waals surface area contributed by atoms with E-state index in [9.17, 15) is 4.79 Å². The molecule has 0 saturated heterocycles. The number of amides is 1. The number of carbonyl (C=O) groups is 1. The summed E-state index contributed by atoms with van der Waals surface area (Å²) in [5.41, 5.74) is 5.41. The van der Waals surface area contributed by atoms with Crippen molar-refractivity contribution in [1.82, 2.24) is 15.3 Å². The van der Waals surface area contributed by atoms with E-state index in [-0.39, 0.29) is 5.91 Å². The topological polar surface area (TPSA) is 54.9 Å². The first-order valence-electron chi connectivity index (χ1n) is 10.2. The highest BCUT2D eigenvalue weighted by atomic mass is 16.1. The number of terminal acetylenes is 1. The molecule has 4 rings (SSSR count). The van der Waals surface area contributed by atoms with Crippen LogP contribution < -0.4 is 5.32 Å². The van der Waals surface area contributed by atoms with E-state index >= 15 is 0 Å². The summed E-state index contributed by atoms with van der Waals surface area (Å²) < 4.78 is 0. The minimum Gasteiger partial charge on any atom is -0.345 e. The van der Waals surface area contributed by atoms with Gasteiger partial charge in [0.15, 0.2) is 0 Å². The van der Waals surface area contributed by atoms with E-state index in [2.05, 4.69) is 57.6 Å². The Morgan fingerprint density at radius 1 is 0.900 bits per heavy atom. The molecular formula is C26H23N3O. The van der Waals surface area contributed by atoms with Crippen LogP contribution in [0.25, 0.3) is 32.9 Å². The van der Waals surface area contributed by atoms with Crippen LogP contribution in [0.5, 0.6) is 0 Å². The molecule has 0 spiro atoms. The van der Waals surface area contributed by atoms with Crippen molar-refractivity contribution in [1.29, 1.82) is 0 Å². The van der Waals surface area contributed by atoms with E-state index in [0.29, 0.717) is 13.0 Å². The van der Waals surface area contributed by atoms with Gasteiger partial charge in [0.25, 0.3) is 0 Å². The molecule has 0 aliphatic rings. The first-order chi connectivity index (χ1) is 14.8. The average Bonchev–Trinajstić information content (AvgIpc) is 2.80. The zero-order valence-electron chi connectivity index (χ0n) is 16.8. The second-order valence-electron chi connectivity index (χ2n) is 7.24. The molecule has 0 aliphatic carbocycles. The summed E-state index contributed by atoms with van der Waals surface area (Å²) >= 11 is 0. The van der Waals surface area contributed by atoms with Crippen LogP contribution in [0.1, 0.15) is 24.8 Å². The molecule has 0 aliphatic heterocycles. The van der Waals surface area contributed by atoms with Crippen LogP contribution in [0, 0.1) is 12.3 Å². The minimum absolute atomic E-state index is 0.0103. The van der Waals surface area contributed by atoms with Crippen molar-refractivity contribution >= 4 is 27.7 Å². The number of fused-ring (bicyclic) bond motifs is 3. The van der Waals surface area contributed by atoms with Crippen molar-refractivity contribution in [2.45, 2.75) is 25.7 Å². The number of pyridine rings is 2. The number of benzene rings is 2. The quantitative estimate of drug-likeness (QED) is 0.276. The van der Waals surface area contributed by atoms with Gasteiger partial charge in [-0.05, 0) is 48.1 Å². The van der Waals surface area contributed by atoms with Gasteiger partial charge in [0, 0.05) is 29.6 Å². The number of nitrogens with one attached hydrogen (secondary N) is 1. The Labute approximate surface area is 176 Å². The lowest BCUT2D eigenvalue weighted by Crippen LogP contribution is -2.22. The first kappa shape index (κ1) is 19.6. The van der Waals surface area contributed by atoms with Gasteiger partial charge in [-0.25, -0.2) is 0 Å². The molecular weight excluding hydrogens is 370 g/mol. The summed E-state index contributed by atoms with van der Waals surface area (Å²) in [6, 6.07) is 18.8. The Balaban J connectivity index is 1.59. The molecule has 1 amide bonds. The molecule has 4 nitrogen and oxygen atoms in total. The summed E-state index contributed by atoms with van der Waals surface area (Å²) in [7, 11) is 0. The highest BCUT2D eigenvalue weighted by Crippen LogP contribution is 2.32. The third kappa shape index (κ3) is 4.16. The standard InChI is InChI=1S/C26H23N3O/c1-2-16-27-24(30)11-7-6-10-20-14-17-28-25-22(20)12-13-23-21(15-18-29-26(23)25)19-8-4-3-5-9-19/h1,3-5,8-9,12-15,17-18H,6-7,10-11,16H2,(H,27,30). The van der Waals surface area contributed by atoms with Crippen LogP contribution in [0.15, 0.2) is 67.0 Å². The maximum Gasteiger partial charge on any atom is 0.220 e. The zero-order chi connectivity index (χ0) is 20.8. The molecule has 30 heavy (non-hydrogen) atoms. The van der Waals surface area contributed by atoms with E-state index in [1.165, 1.54) is 11.1 Å². The third-order valence-electron chi connectivity index (χ3n) is 5.28. The maximum absolute atomic E-state index is 11.7. The Kier molecular flexibility index (Phi) is 6.01. The van der Waals surface area contributed by atoms with Gasteiger partial charge in [-0.1, -0.05) is 48.4 Å². The number of nitrogens with zero attached hydrogens (tertiary/aromatic N) is 2. The molecule has 0 atom stereocenters. The second-order valence-corrected chi connectivity index (χ2v) is 7.24. The average molecular weight is 393 g/mol. The summed E-state index contributed by atoms with van der Waals surface area (Å²) in [6.45, 7) is 0.291. The number of rotatable bonds is 7. The monoisotopic (exact) mass is 393 g/mol. The van der Waals surface area contributed by atoms with Crippen molar-refractivity contribution in [2.24, 2.45) is 0 Å². The fourth-order valence-corrected chi connectivity index (χ4v) is 3.81. The number of unbranched alkanes of at least 4 members (excludes halogenated alkanes) is 1. The molecule has 2 aromatic heterocycles. The summed E-state index contributed by atoms with van der Waals surface area (Å²) in [5, 5.41) is 4.93. The van der Waals surface area contributed by atoms with Crippen LogP contribution >= 0.6 is 0 Å². The van der Waals surface area contributed by atoms with Gasteiger partial charge in [0.05, 0.1) is 17.6 Å². The zero-order valence-corrected chi connectivity index (χ0v) is 16.8. The van der Waals surface area contributed by atoms with Crippen molar-refractivity contribution in [3.05, 3.63) is 72.6 Å². The Hall–Kier alpha value is -3.71. The maximum atomic E-state index is 11.7. The highest BCUT2D eigenvalue weighted by molar-refractivity contribution is 6.08. The van der Waals surface area contributed by atoms with Crippen LogP contribution in [-0.2, 0) is 11.2 Å². The SMILES string of the molecule is C#CCNC(=O)CCCCc1ccnc2c1ccc1c(-c3ccccc3)ccnc12. The molecule has 0 radical (unpaired) electrons. The van der Waals surface area contributed by atoms with E-state index in [0.717, 1.165) is 46.6 Å². The third-order valence-corrected chi connectivity index (χ3v) is 5.28. The normalized spacial score (nSPS) is 10.8. The smallest absolute Gasteiger partial charge is 0.220 e.